The SMILES string of the molecule is CSc1ccc(Cl)c(C(=O)NCC2CCCC(Cl)C2)c1. The topological polar surface area (TPSA) is 29.1 Å². The van der Waals surface area contributed by atoms with Crippen LogP contribution in [0.3, 0.4) is 0 Å². The van der Waals surface area contributed by atoms with Gasteiger partial charge in [0.25, 0.3) is 5.91 Å². The van der Waals surface area contributed by atoms with Gasteiger partial charge in [0.2, 0.25) is 0 Å². The highest BCUT2D eigenvalue weighted by molar-refractivity contribution is 7.98. The van der Waals surface area contributed by atoms with E-state index in [1.807, 2.05) is 18.4 Å². The Hall–Kier alpha value is -0.380. The summed E-state index contributed by atoms with van der Waals surface area (Å²) in [6, 6.07) is 5.54. The van der Waals surface area contributed by atoms with Gasteiger partial charge in [-0.15, -0.1) is 23.4 Å². The van der Waals surface area contributed by atoms with Gasteiger partial charge >= 0.3 is 0 Å². The van der Waals surface area contributed by atoms with Gasteiger partial charge in [0, 0.05) is 16.8 Å². The third-order valence-corrected chi connectivity index (χ3v) is 5.14. The molecule has 2 nitrogen and oxygen atoms in total. The van der Waals surface area contributed by atoms with Gasteiger partial charge in [-0.3, -0.25) is 4.79 Å². The molecule has 2 atom stereocenters. The second-order valence-electron chi connectivity index (χ2n) is 5.19. The largest absolute Gasteiger partial charge is 0.352 e. The van der Waals surface area contributed by atoms with E-state index in [4.69, 9.17) is 23.2 Å². The van der Waals surface area contributed by atoms with Gasteiger partial charge < -0.3 is 5.32 Å². The third-order valence-electron chi connectivity index (χ3n) is 3.69. The zero-order valence-corrected chi connectivity index (χ0v) is 13.8. The molecule has 1 fully saturated rings. The summed E-state index contributed by atoms with van der Waals surface area (Å²) in [6.07, 6.45) is 6.35. The highest BCUT2D eigenvalue weighted by Gasteiger charge is 2.21. The summed E-state index contributed by atoms with van der Waals surface area (Å²) >= 11 is 13.9. The number of amides is 1. The lowest BCUT2D eigenvalue weighted by Gasteiger charge is -2.25. The molecule has 0 radical (unpaired) electrons. The molecule has 0 spiro atoms. The number of hydrogen-bond acceptors (Lipinski definition) is 2. The molecule has 2 rings (SSSR count). The van der Waals surface area contributed by atoms with Crippen LogP contribution in [0.2, 0.25) is 5.02 Å². The van der Waals surface area contributed by atoms with E-state index in [9.17, 15) is 4.79 Å². The van der Waals surface area contributed by atoms with Crippen molar-refractivity contribution in [2.45, 2.75) is 36.0 Å². The molecule has 1 amide bonds. The Morgan fingerprint density at radius 3 is 2.95 bits per heavy atom. The summed E-state index contributed by atoms with van der Waals surface area (Å²) in [5, 5.41) is 3.75. The molecule has 1 aliphatic rings. The summed E-state index contributed by atoms with van der Waals surface area (Å²) in [6.45, 7) is 0.682. The average molecular weight is 332 g/mol. The molecule has 0 saturated heterocycles. The van der Waals surface area contributed by atoms with Crippen molar-refractivity contribution in [2.75, 3.05) is 12.8 Å². The Labute approximate surface area is 134 Å². The van der Waals surface area contributed by atoms with Crippen LogP contribution in [0.5, 0.6) is 0 Å². The third kappa shape index (κ3) is 4.31. The fourth-order valence-electron chi connectivity index (χ4n) is 2.55. The molecule has 1 saturated carbocycles. The Kier molecular flexibility index (Phi) is 6.06. The monoisotopic (exact) mass is 331 g/mol. The van der Waals surface area contributed by atoms with Crippen molar-refractivity contribution >= 4 is 40.9 Å². The predicted octanol–water partition coefficient (Wildman–Crippen LogP) is 4.59. The van der Waals surface area contributed by atoms with E-state index in [1.165, 1.54) is 0 Å². The van der Waals surface area contributed by atoms with E-state index in [1.54, 1.807) is 17.8 Å². The molecule has 1 aliphatic carbocycles. The molecule has 0 aromatic heterocycles. The van der Waals surface area contributed by atoms with Crippen LogP contribution >= 0.6 is 35.0 Å². The average Bonchev–Trinajstić information content (AvgIpc) is 2.45. The fourth-order valence-corrected chi connectivity index (χ4v) is 3.60. The maximum atomic E-state index is 12.2. The summed E-state index contributed by atoms with van der Waals surface area (Å²) in [7, 11) is 0. The van der Waals surface area contributed by atoms with Gasteiger partial charge in [-0.05, 0) is 49.6 Å². The number of rotatable bonds is 4. The van der Waals surface area contributed by atoms with Crippen molar-refractivity contribution in [1.29, 1.82) is 0 Å². The van der Waals surface area contributed by atoms with Crippen LogP contribution in [-0.2, 0) is 0 Å². The second kappa shape index (κ2) is 7.58. The van der Waals surface area contributed by atoms with Crippen molar-refractivity contribution in [3.8, 4) is 0 Å². The van der Waals surface area contributed by atoms with Gasteiger partial charge in [-0.1, -0.05) is 18.0 Å². The standard InChI is InChI=1S/C15H19Cl2NOS/c1-20-12-5-6-14(17)13(8-12)15(19)18-9-10-3-2-4-11(16)7-10/h5-6,8,10-11H,2-4,7,9H2,1H3,(H,18,19). The van der Waals surface area contributed by atoms with Crippen LogP contribution in [0.1, 0.15) is 36.0 Å². The van der Waals surface area contributed by atoms with E-state index in [0.717, 1.165) is 30.6 Å². The van der Waals surface area contributed by atoms with Crippen LogP contribution < -0.4 is 5.32 Å². The van der Waals surface area contributed by atoms with E-state index in [0.29, 0.717) is 23.0 Å². The van der Waals surface area contributed by atoms with Crippen LogP contribution in [0.25, 0.3) is 0 Å². The second-order valence-corrected chi connectivity index (χ2v) is 7.09. The number of carbonyl (C=O) groups excluding carboxylic acids is 1. The summed E-state index contributed by atoms with van der Waals surface area (Å²) in [5.74, 6) is 0.389. The molecule has 110 valence electrons. The number of benzene rings is 1. The van der Waals surface area contributed by atoms with Crippen molar-refractivity contribution in [2.24, 2.45) is 5.92 Å². The molecular formula is C15H19Cl2NOS. The molecule has 1 aromatic carbocycles. The number of thioether (sulfide) groups is 1. The number of alkyl halides is 1. The molecule has 20 heavy (non-hydrogen) atoms. The lowest BCUT2D eigenvalue weighted by Crippen LogP contribution is -2.32. The minimum atomic E-state index is -0.0948. The molecule has 0 aliphatic heterocycles. The van der Waals surface area contributed by atoms with E-state index < -0.39 is 0 Å². The molecule has 0 heterocycles. The number of halogens is 2. The van der Waals surface area contributed by atoms with Gasteiger partial charge in [0.15, 0.2) is 0 Å². The normalized spacial score (nSPS) is 22.6. The molecule has 0 bridgehead atoms. The Bertz CT molecular complexity index is 481. The molecule has 5 heteroatoms. The molecule has 1 aromatic rings. The first-order valence-corrected chi connectivity index (χ1v) is 8.90. The summed E-state index contributed by atoms with van der Waals surface area (Å²) in [5.41, 5.74) is 0.553. The lowest BCUT2D eigenvalue weighted by molar-refractivity contribution is 0.0943. The minimum absolute atomic E-state index is 0.0948. The van der Waals surface area contributed by atoms with E-state index in [2.05, 4.69) is 5.32 Å². The number of hydrogen-bond donors (Lipinski definition) is 1. The first kappa shape index (κ1) is 16.0. The highest BCUT2D eigenvalue weighted by atomic mass is 35.5. The van der Waals surface area contributed by atoms with Gasteiger partial charge in [-0.25, -0.2) is 0 Å². The first-order valence-electron chi connectivity index (χ1n) is 6.86. The maximum absolute atomic E-state index is 12.2. The van der Waals surface area contributed by atoms with Crippen molar-refractivity contribution in [3.63, 3.8) is 0 Å². The van der Waals surface area contributed by atoms with Crippen molar-refractivity contribution in [1.82, 2.24) is 5.32 Å². The highest BCUT2D eigenvalue weighted by Crippen LogP contribution is 2.27. The van der Waals surface area contributed by atoms with Crippen molar-refractivity contribution in [3.05, 3.63) is 28.8 Å². The van der Waals surface area contributed by atoms with Gasteiger partial charge in [-0.2, -0.15) is 0 Å². The Balaban J connectivity index is 1.94. The Morgan fingerprint density at radius 2 is 2.25 bits per heavy atom. The first-order chi connectivity index (χ1) is 9.60. The smallest absolute Gasteiger partial charge is 0.252 e. The maximum Gasteiger partial charge on any atom is 0.252 e. The number of nitrogens with one attached hydrogen (secondary N) is 1. The van der Waals surface area contributed by atoms with Crippen LogP contribution in [0.4, 0.5) is 0 Å². The van der Waals surface area contributed by atoms with Crippen LogP contribution in [0, 0.1) is 5.92 Å². The zero-order valence-electron chi connectivity index (χ0n) is 11.5. The van der Waals surface area contributed by atoms with Crippen LogP contribution in [0.15, 0.2) is 23.1 Å². The zero-order chi connectivity index (χ0) is 14.5. The van der Waals surface area contributed by atoms with E-state index in [-0.39, 0.29) is 11.3 Å². The van der Waals surface area contributed by atoms with E-state index >= 15 is 0 Å². The molecule has 1 N–H and O–H groups in total. The van der Waals surface area contributed by atoms with Crippen molar-refractivity contribution < 1.29 is 4.79 Å². The lowest BCUT2D eigenvalue weighted by atomic mass is 9.89. The predicted molar refractivity (Wildman–Crippen MR) is 87.2 cm³/mol. The van der Waals surface area contributed by atoms with Gasteiger partial charge in [0.05, 0.1) is 10.6 Å². The van der Waals surface area contributed by atoms with Gasteiger partial charge in [0.1, 0.15) is 0 Å². The Morgan fingerprint density at radius 1 is 1.45 bits per heavy atom. The summed E-state index contributed by atoms with van der Waals surface area (Å²) in [4.78, 5) is 13.3. The minimum Gasteiger partial charge on any atom is -0.352 e. The molecular weight excluding hydrogens is 313 g/mol. The molecule has 2 unspecified atom stereocenters. The van der Waals surface area contributed by atoms with Crippen LogP contribution in [-0.4, -0.2) is 24.1 Å². The summed E-state index contributed by atoms with van der Waals surface area (Å²) < 4.78 is 0. The number of carbonyl (C=O) groups is 1. The fraction of sp³-hybridized carbons (Fsp3) is 0.533. The quantitative estimate of drug-likeness (QED) is 0.645.